The molecule has 2 aromatic heterocycles. The van der Waals surface area contributed by atoms with Gasteiger partial charge in [0.05, 0.1) is 12.1 Å². The van der Waals surface area contributed by atoms with Gasteiger partial charge in [-0.05, 0) is 67.1 Å². The largest absolute Gasteiger partial charge is 0.368 e. The summed E-state index contributed by atoms with van der Waals surface area (Å²) in [5, 5.41) is 11.1. The van der Waals surface area contributed by atoms with Crippen LogP contribution in [-0.2, 0) is 9.59 Å². The summed E-state index contributed by atoms with van der Waals surface area (Å²) in [4.78, 5) is 41.6. The first kappa shape index (κ1) is 30.1. The van der Waals surface area contributed by atoms with Gasteiger partial charge in [-0.1, -0.05) is 18.1 Å². The average molecular weight is 629 g/mol. The zero-order valence-corrected chi connectivity index (χ0v) is 25.7. The molecule has 1 atom stereocenters. The summed E-state index contributed by atoms with van der Waals surface area (Å²) < 4.78 is 13.9. The number of rotatable bonds is 7. The van der Waals surface area contributed by atoms with Crippen LogP contribution in [0.25, 0.3) is 33.5 Å². The van der Waals surface area contributed by atoms with Crippen molar-refractivity contribution in [3.8, 4) is 35.0 Å². The molecule has 3 aromatic carbocycles. The topological polar surface area (TPSA) is 110 Å². The van der Waals surface area contributed by atoms with Gasteiger partial charge in [0, 0.05) is 79.6 Å². The fraction of sp³-hybridized carbons (Fsp3) is 0.250. The SMILES string of the molecule is C#CC1(C(=O)Nc2ccc3[nH]nc(-c4cccc(F)c4)c3c2)CCN(CC(=O)N2CCN(c3ccc(-c4ncccn4)cc3)CC2)C1. The number of aromatic amines is 1. The smallest absolute Gasteiger partial charge is 0.244 e. The molecule has 0 radical (unpaired) electrons. The van der Waals surface area contributed by atoms with E-state index in [0.717, 1.165) is 35.2 Å². The molecule has 11 heteroatoms. The molecule has 0 spiro atoms. The lowest BCUT2D eigenvalue weighted by Gasteiger charge is -2.37. The van der Waals surface area contributed by atoms with Crippen molar-refractivity contribution in [1.29, 1.82) is 0 Å². The summed E-state index contributed by atoms with van der Waals surface area (Å²) in [6, 6.07) is 21.6. The van der Waals surface area contributed by atoms with Crippen LogP contribution in [0.2, 0.25) is 0 Å². The van der Waals surface area contributed by atoms with Crippen molar-refractivity contribution >= 4 is 34.1 Å². The van der Waals surface area contributed by atoms with Crippen LogP contribution in [0.15, 0.2) is 85.2 Å². The average Bonchev–Trinajstić information content (AvgIpc) is 3.73. The first-order valence-corrected chi connectivity index (χ1v) is 15.6. The second kappa shape index (κ2) is 12.7. The lowest BCUT2D eigenvalue weighted by atomic mass is 9.87. The maximum atomic E-state index is 13.9. The van der Waals surface area contributed by atoms with Crippen molar-refractivity contribution in [3.63, 3.8) is 0 Å². The van der Waals surface area contributed by atoms with Gasteiger partial charge >= 0.3 is 0 Å². The van der Waals surface area contributed by atoms with E-state index in [4.69, 9.17) is 6.42 Å². The van der Waals surface area contributed by atoms with Crippen molar-refractivity contribution in [3.05, 3.63) is 91.0 Å². The fourth-order valence-electron chi connectivity index (χ4n) is 6.37. The Labute approximate surface area is 271 Å². The van der Waals surface area contributed by atoms with Gasteiger partial charge in [0.2, 0.25) is 11.8 Å². The lowest BCUT2D eigenvalue weighted by molar-refractivity contribution is -0.133. The number of likely N-dealkylation sites (tertiary alicyclic amines) is 1. The molecule has 2 N–H and O–H groups in total. The molecule has 2 amide bonds. The minimum atomic E-state index is -1.06. The molecule has 2 saturated heterocycles. The molecule has 2 fully saturated rings. The molecule has 0 saturated carbocycles. The van der Waals surface area contributed by atoms with Gasteiger partial charge in [0.1, 0.15) is 16.9 Å². The number of piperazine rings is 1. The van der Waals surface area contributed by atoms with Crippen molar-refractivity contribution in [2.24, 2.45) is 5.41 Å². The molecule has 4 heterocycles. The molecule has 0 aliphatic carbocycles. The Kier molecular flexibility index (Phi) is 8.10. The van der Waals surface area contributed by atoms with Gasteiger partial charge in [-0.25, -0.2) is 14.4 Å². The van der Waals surface area contributed by atoms with Gasteiger partial charge in [0.15, 0.2) is 5.82 Å². The summed E-state index contributed by atoms with van der Waals surface area (Å²) >= 11 is 0. The molecule has 1 unspecified atom stereocenters. The van der Waals surface area contributed by atoms with Crippen molar-refractivity contribution in [2.75, 3.05) is 56.0 Å². The molecule has 5 aromatic rings. The molecule has 10 nitrogen and oxygen atoms in total. The Morgan fingerprint density at radius 2 is 1.72 bits per heavy atom. The standard InChI is InChI=1S/C36H33FN8O2/c1-2-36(35(47)40-28-9-12-31-30(22-28)33(42-41-31)26-5-3-6-27(37)21-26)13-16-43(24-36)23-32(46)45-19-17-44(18-20-45)29-10-7-25(8-11-29)34-38-14-4-15-39-34/h1,3-12,14-15,21-22H,13,16-20,23-24H2,(H,40,47)(H,41,42). The summed E-state index contributed by atoms with van der Waals surface area (Å²) in [5.41, 5.74) is 3.53. The van der Waals surface area contributed by atoms with E-state index in [-0.39, 0.29) is 24.2 Å². The molecular formula is C36H33FN8O2. The van der Waals surface area contributed by atoms with E-state index in [0.29, 0.717) is 55.4 Å². The number of anilines is 2. The van der Waals surface area contributed by atoms with E-state index in [2.05, 4.69) is 48.4 Å². The number of terminal acetylenes is 1. The summed E-state index contributed by atoms with van der Waals surface area (Å²) in [6.07, 6.45) is 9.87. The Bertz CT molecular complexity index is 1960. The number of H-pyrrole nitrogens is 1. The molecule has 2 aliphatic heterocycles. The fourth-order valence-corrected chi connectivity index (χ4v) is 6.37. The molecule has 0 bridgehead atoms. The van der Waals surface area contributed by atoms with Crippen molar-refractivity contribution < 1.29 is 14.0 Å². The first-order valence-electron chi connectivity index (χ1n) is 15.6. The number of nitrogens with one attached hydrogen (secondary N) is 2. The highest BCUT2D eigenvalue weighted by Crippen LogP contribution is 2.33. The maximum Gasteiger partial charge on any atom is 0.244 e. The van der Waals surface area contributed by atoms with E-state index in [1.165, 1.54) is 12.1 Å². The van der Waals surface area contributed by atoms with E-state index < -0.39 is 5.41 Å². The van der Waals surface area contributed by atoms with Gasteiger partial charge in [-0.3, -0.25) is 19.6 Å². The number of halogens is 1. The predicted molar refractivity (Wildman–Crippen MR) is 179 cm³/mol. The van der Waals surface area contributed by atoms with Crippen molar-refractivity contribution in [2.45, 2.75) is 6.42 Å². The number of carbonyl (C=O) groups excluding carboxylic acids is 2. The highest BCUT2D eigenvalue weighted by molar-refractivity contribution is 6.01. The second-order valence-electron chi connectivity index (χ2n) is 12.0. The third-order valence-corrected chi connectivity index (χ3v) is 9.03. The zero-order valence-electron chi connectivity index (χ0n) is 25.7. The number of hydrogen-bond acceptors (Lipinski definition) is 7. The van der Waals surface area contributed by atoms with Crippen LogP contribution in [0.1, 0.15) is 6.42 Å². The Balaban J connectivity index is 0.944. The van der Waals surface area contributed by atoms with Gasteiger partial charge < -0.3 is 15.1 Å². The monoisotopic (exact) mass is 628 g/mol. The van der Waals surface area contributed by atoms with Crippen LogP contribution in [-0.4, -0.2) is 87.6 Å². The number of nitrogens with zero attached hydrogens (tertiary/aromatic N) is 6. The molecule has 2 aliphatic rings. The number of hydrogen-bond donors (Lipinski definition) is 2. The first-order chi connectivity index (χ1) is 22.9. The van der Waals surface area contributed by atoms with E-state index >= 15 is 0 Å². The van der Waals surface area contributed by atoms with Crippen LogP contribution < -0.4 is 10.2 Å². The number of fused-ring (bicyclic) bond motifs is 1. The van der Waals surface area contributed by atoms with Crippen molar-refractivity contribution in [1.82, 2.24) is 30.0 Å². The maximum absolute atomic E-state index is 13.9. The number of amides is 2. The van der Waals surface area contributed by atoms with E-state index in [1.807, 2.05) is 34.1 Å². The number of aromatic nitrogens is 4. The zero-order chi connectivity index (χ0) is 32.4. The second-order valence-corrected chi connectivity index (χ2v) is 12.0. The Hall–Kier alpha value is -5.60. The summed E-state index contributed by atoms with van der Waals surface area (Å²) in [6.45, 7) is 3.74. The quantitative estimate of drug-likeness (QED) is 0.257. The van der Waals surface area contributed by atoms with E-state index in [9.17, 15) is 14.0 Å². The molecule has 236 valence electrons. The summed E-state index contributed by atoms with van der Waals surface area (Å²) in [7, 11) is 0. The number of benzene rings is 3. The molecule has 7 rings (SSSR count). The molecule has 47 heavy (non-hydrogen) atoms. The normalized spacial score (nSPS) is 18.3. The highest BCUT2D eigenvalue weighted by atomic mass is 19.1. The van der Waals surface area contributed by atoms with Crippen LogP contribution in [0.3, 0.4) is 0 Å². The molecular weight excluding hydrogens is 595 g/mol. The predicted octanol–water partition coefficient (Wildman–Crippen LogP) is 4.44. The van der Waals surface area contributed by atoms with Crippen LogP contribution in [0.4, 0.5) is 15.8 Å². The van der Waals surface area contributed by atoms with Crippen LogP contribution in [0.5, 0.6) is 0 Å². The van der Waals surface area contributed by atoms with Crippen LogP contribution in [0, 0.1) is 23.6 Å². The lowest BCUT2D eigenvalue weighted by Crippen LogP contribution is -2.51. The van der Waals surface area contributed by atoms with Gasteiger partial charge in [-0.2, -0.15) is 5.10 Å². The van der Waals surface area contributed by atoms with Crippen LogP contribution >= 0.6 is 0 Å². The Morgan fingerprint density at radius 1 is 0.936 bits per heavy atom. The summed E-state index contributed by atoms with van der Waals surface area (Å²) in [5.74, 6) is 2.82. The third kappa shape index (κ3) is 6.15. The Morgan fingerprint density at radius 3 is 2.47 bits per heavy atom. The minimum absolute atomic E-state index is 0.0322. The van der Waals surface area contributed by atoms with Gasteiger partial charge in [-0.15, -0.1) is 6.42 Å². The van der Waals surface area contributed by atoms with E-state index in [1.54, 1.807) is 36.7 Å². The number of carbonyl (C=O) groups is 2. The van der Waals surface area contributed by atoms with Gasteiger partial charge in [0.25, 0.3) is 0 Å². The third-order valence-electron chi connectivity index (χ3n) is 9.03. The minimum Gasteiger partial charge on any atom is -0.368 e. The highest BCUT2D eigenvalue weighted by Gasteiger charge is 2.44.